The normalized spacial score (nSPS) is 12.3. The van der Waals surface area contributed by atoms with Crippen molar-refractivity contribution in [2.75, 3.05) is 6.54 Å². The number of aliphatic hydroxyl groups is 1. The fourth-order valence-electron chi connectivity index (χ4n) is 1.81. The standard InChI is InChI=1S/C15H16BrNO2S/c1-10(18)15-6-11(9-20-15)7-17-8-14(19)12-2-4-13(16)5-3-12/h2-6,9,14,17,19H,7-8H2,1H3. The van der Waals surface area contributed by atoms with Gasteiger partial charge in [0.25, 0.3) is 0 Å². The lowest BCUT2D eigenvalue weighted by Gasteiger charge is -2.11. The van der Waals surface area contributed by atoms with Crippen molar-refractivity contribution in [1.29, 1.82) is 0 Å². The summed E-state index contributed by atoms with van der Waals surface area (Å²) in [6.07, 6.45) is -0.533. The van der Waals surface area contributed by atoms with Gasteiger partial charge in [-0.1, -0.05) is 28.1 Å². The van der Waals surface area contributed by atoms with Crippen LogP contribution >= 0.6 is 27.3 Å². The molecule has 0 fully saturated rings. The Kier molecular flexibility index (Phi) is 5.48. The van der Waals surface area contributed by atoms with Gasteiger partial charge < -0.3 is 10.4 Å². The summed E-state index contributed by atoms with van der Waals surface area (Å²) in [6, 6.07) is 9.52. The molecule has 5 heteroatoms. The number of aliphatic hydroxyl groups excluding tert-OH is 1. The molecule has 2 rings (SSSR count). The number of benzene rings is 1. The van der Waals surface area contributed by atoms with E-state index in [0.717, 1.165) is 20.5 Å². The zero-order valence-corrected chi connectivity index (χ0v) is 13.5. The van der Waals surface area contributed by atoms with E-state index in [-0.39, 0.29) is 5.78 Å². The Morgan fingerprint density at radius 3 is 2.70 bits per heavy atom. The van der Waals surface area contributed by atoms with Gasteiger partial charge >= 0.3 is 0 Å². The molecular weight excluding hydrogens is 338 g/mol. The number of hydrogen-bond acceptors (Lipinski definition) is 4. The second-order valence-electron chi connectivity index (χ2n) is 4.57. The Morgan fingerprint density at radius 1 is 1.40 bits per heavy atom. The average molecular weight is 354 g/mol. The predicted molar refractivity (Wildman–Crippen MR) is 85.1 cm³/mol. The van der Waals surface area contributed by atoms with E-state index in [2.05, 4.69) is 21.2 Å². The number of halogens is 1. The van der Waals surface area contributed by atoms with Crippen molar-refractivity contribution in [3.8, 4) is 0 Å². The van der Waals surface area contributed by atoms with Crippen LogP contribution in [0.3, 0.4) is 0 Å². The summed E-state index contributed by atoms with van der Waals surface area (Å²) >= 11 is 4.83. The fourth-order valence-corrected chi connectivity index (χ4v) is 2.89. The summed E-state index contributed by atoms with van der Waals surface area (Å²) < 4.78 is 0.997. The van der Waals surface area contributed by atoms with Gasteiger partial charge in [0, 0.05) is 17.6 Å². The number of ketones is 1. The molecule has 0 radical (unpaired) electrons. The molecule has 1 heterocycles. The SMILES string of the molecule is CC(=O)c1cc(CNCC(O)c2ccc(Br)cc2)cs1. The van der Waals surface area contributed by atoms with Crippen molar-refractivity contribution in [2.45, 2.75) is 19.6 Å². The van der Waals surface area contributed by atoms with Crippen LogP contribution in [0.1, 0.15) is 33.8 Å². The third-order valence-corrected chi connectivity index (χ3v) is 4.53. The maximum absolute atomic E-state index is 11.2. The second kappa shape index (κ2) is 7.13. The van der Waals surface area contributed by atoms with Gasteiger partial charge in [0.15, 0.2) is 5.78 Å². The van der Waals surface area contributed by atoms with Crippen LogP contribution in [-0.4, -0.2) is 17.4 Å². The van der Waals surface area contributed by atoms with Crippen molar-refractivity contribution >= 4 is 33.0 Å². The first-order valence-corrected chi connectivity index (χ1v) is 7.96. The monoisotopic (exact) mass is 353 g/mol. The molecule has 1 atom stereocenters. The summed E-state index contributed by atoms with van der Waals surface area (Å²) in [5.74, 6) is 0.0937. The molecule has 2 aromatic rings. The molecule has 2 N–H and O–H groups in total. The first-order valence-electron chi connectivity index (χ1n) is 6.29. The van der Waals surface area contributed by atoms with E-state index in [1.165, 1.54) is 11.3 Å². The lowest BCUT2D eigenvalue weighted by Crippen LogP contribution is -2.20. The minimum atomic E-state index is -0.533. The van der Waals surface area contributed by atoms with E-state index in [1.807, 2.05) is 35.7 Å². The van der Waals surface area contributed by atoms with E-state index in [0.29, 0.717) is 13.1 Å². The van der Waals surface area contributed by atoms with E-state index in [4.69, 9.17) is 0 Å². The highest BCUT2D eigenvalue weighted by Gasteiger charge is 2.08. The van der Waals surface area contributed by atoms with Crippen molar-refractivity contribution in [1.82, 2.24) is 5.32 Å². The highest BCUT2D eigenvalue weighted by molar-refractivity contribution is 9.10. The molecule has 3 nitrogen and oxygen atoms in total. The highest BCUT2D eigenvalue weighted by atomic mass is 79.9. The number of nitrogens with one attached hydrogen (secondary N) is 1. The van der Waals surface area contributed by atoms with Gasteiger partial charge in [0.2, 0.25) is 0 Å². The number of rotatable bonds is 6. The van der Waals surface area contributed by atoms with Crippen LogP contribution in [0.4, 0.5) is 0 Å². The van der Waals surface area contributed by atoms with Gasteiger partial charge in [-0.2, -0.15) is 0 Å². The molecule has 0 spiro atoms. The average Bonchev–Trinajstić information content (AvgIpc) is 2.88. The molecule has 0 amide bonds. The molecule has 20 heavy (non-hydrogen) atoms. The van der Waals surface area contributed by atoms with Crippen LogP contribution in [-0.2, 0) is 6.54 Å². The van der Waals surface area contributed by atoms with E-state index in [9.17, 15) is 9.90 Å². The Hall–Kier alpha value is -1.01. The smallest absolute Gasteiger partial charge is 0.169 e. The quantitative estimate of drug-likeness (QED) is 0.781. The zero-order valence-electron chi connectivity index (χ0n) is 11.1. The van der Waals surface area contributed by atoms with Crippen LogP contribution < -0.4 is 5.32 Å². The molecule has 0 aliphatic rings. The van der Waals surface area contributed by atoms with Gasteiger partial charge in [0.1, 0.15) is 0 Å². The summed E-state index contributed by atoms with van der Waals surface area (Å²) in [5.41, 5.74) is 1.96. The van der Waals surface area contributed by atoms with E-state index >= 15 is 0 Å². The Morgan fingerprint density at radius 2 is 2.10 bits per heavy atom. The van der Waals surface area contributed by atoms with Gasteiger partial charge in [-0.05, 0) is 41.6 Å². The molecule has 0 saturated carbocycles. The van der Waals surface area contributed by atoms with Gasteiger partial charge in [-0.25, -0.2) is 0 Å². The molecule has 0 saturated heterocycles. The summed E-state index contributed by atoms with van der Waals surface area (Å²) in [5, 5.41) is 15.2. The molecule has 0 aliphatic heterocycles. The molecule has 0 aliphatic carbocycles. The van der Waals surface area contributed by atoms with E-state index < -0.39 is 6.10 Å². The third kappa shape index (κ3) is 4.24. The van der Waals surface area contributed by atoms with E-state index in [1.54, 1.807) is 6.92 Å². The maximum Gasteiger partial charge on any atom is 0.169 e. The number of hydrogen-bond donors (Lipinski definition) is 2. The summed E-state index contributed by atoms with van der Waals surface area (Å²) in [7, 11) is 0. The van der Waals surface area contributed by atoms with Crippen LogP contribution in [0.2, 0.25) is 0 Å². The van der Waals surface area contributed by atoms with Crippen LogP contribution in [0, 0.1) is 0 Å². The first-order chi connectivity index (χ1) is 9.56. The molecule has 1 unspecified atom stereocenters. The summed E-state index contributed by atoms with van der Waals surface area (Å²) in [6.45, 7) is 2.70. The minimum Gasteiger partial charge on any atom is -0.387 e. The van der Waals surface area contributed by atoms with Crippen LogP contribution in [0.15, 0.2) is 40.2 Å². The highest BCUT2D eigenvalue weighted by Crippen LogP contribution is 2.17. The number of carbonyl (C=O) groups is 1. The largest absolute Gasteiger partial charge is 0.387 e. The first kappa shape index (κ1) is 15.4. The van der Waals surface area contributed by atoms with Crippen LogP contribution in [0.5, 0.6) is 0 Å². The zero-order chi connectivity index (χ0) is 14.5. The lowest BCUT2D eigenvalue weighted by molar-refractivity contribution is 0.102. The third-order valence-electron chi connectivity index (χ3n) is 2.92. The number of Topliss-reactive ketones (excluding diaryl/α,β-unsaturated/α-hetero) is 1. The van der Waals surface area contributed by atoms with Crippen LogP contribution in [0.25, 0.3) is 0 Å². The number of carbonyl (C=O) groups excluding carboxylic acids is 1. The van der Waals surface area contributed by atoms with Crippen molar-refractivity contribution < 1.29 is 9.90 Å². The fraction of sp³-hybridized carbons (Fsp3) is 0.267. The molecule has 106 valence electrons. The number of thiophene rings is 1. The lowest BCUT2D eigenvalue weighted by atomic mass is 10.1. The van der Waals surface area contributed by atoms with Gasteiger partial charge in [-0.15, -0.1) is 11.3 Å². The topological polar surface area (TPSA) is 49.3 Å². The second-order valence-corrected chi connectivity index (χ2v) is 6.40. The molecule has 1 aromatic carbocycles. The Balaban J connectivity index is 1.82. The molecule has 1 aromatic heterocycles. The molecular formula is C15H16BrNO2S. The molecule has 0 bridgehead atoms. The summed E-state index contributed by atoms with van der Waals surface area (Å²) in [4.78, 5) is 12.0. The van der Waals surface area contributed by atoms with Gasteiger partial charge in [0.05, 0.1) is 11.0 Å². The Bertz CT molecular complexity index is 580. The van der Waals surface area contributed by atoms with Crippen molar-refractivity contribution in [3.05, 3.63) is 56.2 Å². The van der Waals surface area contributed by atoms with Gasteiger partial charge in [-0.3, -0.25) is 4.79 Å². The predicted octanol–water partition coefficient (Wildman–Crippen LogP) is 3.54. The maximum atomic E-state index is 11.2. The van der Waals surface area contributed by atoms with Crippen molar-refractivity contribution in [2.24, 2.45) is 0 Å². The Labute approximate surface area is 130 Å². The van der Waals surface area contributed by atoms with Crippen molar-refractivity contribution in [3.63, 3.8) is 0 Å². The minimum absolute atomic E-state index is 0.0937.